The van der Waals surface area contributed by atoms with E-state index in [2.05, 4.69) is 90.8 Å². The fourth-order valence-electron chi connectivity index (χ4n) is 4.13. The summed E-state index contributed by atoms with van der Waals surface area (Å²) in [6.07, 6.45) is 2.26. The van der Waals surface area contributed by atoms with Crippen LogP contribution in [-0.2, 0) is 6.54 Å². The number of para-hydroxylation sites is 1. The van der Waals surface area contributed by atoms with Gasteiger partial charge in [0, 0.05) is 33.9 Å². The molecule has 0 atom stereocenters. The summed E-state index contributed by atoms with van der Waals surface area (Å²) < 4.78 is 6.39. The van der Waals surface area contributed by atoms with Crippen LogP contribution in [0.3, 0.4) is 0 Å². The van der Waals surface area contributed by atoms with E-state index in [1.165, 1.54) is 5.56 Å². The van der Waals surface area contributed by atoms with Crippen molar-refractivity contribution < 1.29 is 9.73 Å². The zero-order valence-electron chi connectivity index (χ0n) is 18.7. The summed E-state index contributed by atoms with van der Waals surface area (Å²) >= 11 is 0. The van der Waals surface area contributed by atoms with E-state index < -0.39 is 0 Å². The average Bonchev–Trinajstić information content (AvgIpc) is 2.89. The van der Waals surface area contributed by atoms with Crippen molar-refractivity contribution in [1.82, 2.24) is 0 Å². The first-order valence-corrected chi connectivity index (χ1v) is 11.3. The summed E-state index contributed by atoms with van der Waals surface area (Å²) in [7, 11) is 0. The van der Waals surface area contributed by atoms with E-state index in [0.717, 1.165) is 51.6 Å². The van der Waals surface area contributed by atoms with Gasteiger partial charge in [0.05, 0.1) is 0 Å². The highest BCUT2D eigenvalue weighted by molar-refractivity contribution is 6.12. The standard InChI is InChI=1S/C31H25NO/c1-23-28(27-19-11-12-20-30(27)33-31(23)26-17-9-4-10-18-26)21-29(25-15-7-3-8-16-25)32-22-24-13-5-2-6-14-24/h2-21H,22H2,1H3/p+1/b28-21+,32-29?. The quantitative estimate of drug-likeness (QED) is 0.407. The molecule has 0 saturated heterocycles. The van der Waals surface area contributed by atoms with Crippen LogP contribution in [0, 0.1) is 0 Å². The Kier molecular flexibility index (Phi) is 5.99. The molecule has 4 aromatic carbocycles. The first-order chi connectivity index (χ1) is 16.3. The Balaban J connectivity index is 1.66. The van der Waals surface area contributed by atoms with Gasteiger partial charge in [0.15, 0.2) is 6.54 Å². The second kappa shape index (κ2) is 9.54. The third-order valence-electron chi connectivity index (χ3n) is 5.87. The van der Waals surface area contributed by atoms with Gasteiger partial charge in [-0.15, -0.1) is 0 Å². The molecule has 0 amide bonds. The van der Waals surface area contributed by atoms with Crippen molar-refractivity contribution in [2.45, 2.75) is 13.5 Å². The van der Waals surface area contributed by atoms with Crippen molar-refractivity contribution in [3.8, 4) is 5.75 Å². The Morgan fingerprint density at radius 3 is 2.06 bits per heavy atom. The summed E-state index contributed by atoms with van der Waals surface area (Å²) in [4.78, 5) is 3.68. The van der Waals surface area contributed by atoms with Crippen molar-refractivity contribution in [2.75, 3.05) is 0 Å². The van der Waals surface area contributed by atoms with Crippen LogP contribution in [-0.4, -0.2) is 5.71 Å². The zero-order chi connectivity index (χ0) is 22.5. The van der Waals surface area contributed by atoms with Gasteiger partial charge in [-0.05, 0) is 30.7 Å². The largest absolute Gasteiger partial charge is 0.456 e. The van der Waals surface area contributed by atoms with Crippen LogP contribution in [0.2, 0.25) is 0 Å². The van der Waals surface area contributed by atoms with Crippen LogP contribution < -0.4 is 9.73 Å². The Bertz CT molecular complexity index is 1330. The molecule has 0 unspecified atom stereocenters. The first kappa shape index (κ1) is 20.7. The molecule has 2 heteroatoms. The third-order valence-corrected chi connectivity index (χ3v) is 5.87. The van der Waals surface area contributed by atoms with Crippen LogP contribution in [0.5, 0.6) is 5.75 Å². The minimum atomic E-state index is 0.751. The molecule has 1 aliphatic heterocycles. The molecule has 1 aliphatic rings. The molecular weight excluding hydrogens is 402 g/mol. The van der Waals surface area contributed by atoms with Crippen LogP contribution in [0.4, 0.5) is 0 Å². The van der Waals surface area contributed by atoms with Crippen molar-refractivity contribution in [1.29, 1.82) is 0 Å². The highest BCUT2D eigenvalue weighted by atomic mass is 16.5. The number of allylic oxidation sites excluding steroid dienone is 3. The lowest BCUT2D eigenvalue weighted by Gasteiger charge is -2.24. The second-order valence-electron chi connectivity index (χ2n) is 8.10. The lowest BCUT2D eigenvalue weighted by molar-refractivity contribution is -0.473. The normalized spacial score (nSPS) is 14.7. The molecule has 0 radical (unpaired) electrons. The monoisotopic (exact) mass is 428 g/mol. The van der Waals surface area contributed by atoms with Crippen LogP contribution in [0.1, 0.15) is 29.2 Å². The molecule has 0 fully saturated rings. The number of hydrogen-bond acceptors (Lipinski definition) is 1. The number of nitrogens with one attached hydrogen (secondary N) is 1. The number of benzene rings is 4. The van der Waals surface area contributed by atoms with Crippen LogP contribution in [0.15, 0.2) is 127 Å². The second-order valence-corrected chi connectivity index (χ2v) is 8.10. The van der Waals surface area contributed by atoms with Crippen molar-refractivity contribution in [3.05, 3.63) is 149 Å². The van der Waals surface area contributed by atoms with E-state index in [0.29, 0.717) is 0 Å². The topological polar surface area (TPSA) is 23.2 Å². The maximum absolute atomic E-state index is 6.39. The highest BCUT2D eigenvalue weighted by Gasteiger charge is 2.24. The molecule has 33 heavy (non-hydrogen) atoms. The lowest BCUT2D eigenvalue weighted by Crippen LogP contribution is -2.71. The van der Waals surface area contributed by atoms with Gasteiger partial charge in [0.25, 0.3) is 0 Å². The summed E-state index contributed by atoms with van der Waals surface area (Å²) in [5.41, 5.74) is 7.94. The molecule has 5 rings (SSSR count). The Labute approximate surface area is 195 Å². The Morgan fingerprint density at radius 2 is 1.33 bits per heavy atom. The molecule has 160 valence electrons. The molecule has 0 bridgehead atoms. The lowest BCUT2D eigenvalue weighted by atomic mass is 9.91. The van der Waals surface area contributed by atoms with E-state index in [1.54, 1.807) is 0 Å². The van der Waals surface area contributed by atoms with E-state index in [9.17, 15) is 0 Å². The Morgan fingerprint density at radius 1 is 0.727 bits per heavy atom. The molecule has 2 nitrogen and oxygen atoms in total. The van der Waals surface area contributed by atoms with Gasteiger partial charge in [0.2, 0.25) is 5.71 Å². The number of hydrogen-bond donors (Lipinski definition) is 1. The van der Waals surface area contributed by atoms with E-state index in [1.807, 2.05) is 42.5 Å². The summed E-state index contributed by atoms with van der Waals surface area (Å²) in [6, 6.07) is 39.6. The van der Waals surface area contributed by atoms with Gasteiger partial charge in [-0.1, -0.05) is 97.1 Å². The molecule has 0 aliphatic carbocycles. The highest BCUT2D eigenvalue weighted by Crippen LogP contribution is 2.41. The van der Waals surface area contributed by atoms with Crippen LogP contribution in [0.25, 0.3) is 11.3 Å². The zero-order valence-corrected chi connectivity index (χ0v) is 18.7. The number of fused-ring (bicyclic) bond motifs is 1. The summed E-state index contributed by atoms with van der Waals surface area (Å²) in [6.45, 7) is 2.89. The van der Waals surface area contributed by atoms with Crippen molar-refractivity contribution in [3.63, 3.8) is 0 Å². The van der Waals surface area contributed by atoms with Crippen molar-refractivity contribution >= 4 is 17.0 Å². The maximum Gasteiger partial charge on any atom is 0.206 e. The van der Waals surface area contributed by atoms with Gasteiger partial charge in [0.1, 0.15) is 11.5 Å². The van der Waals surface area contributed by atoms with Crippen LogP contribution >= 0.6 is 0 Å². The first-order valence-electron chi connectivity index (χ1n) is 11.3. The van der Waals surface area contributed by atoms with E-state index in [4.69, 9.17) is 4.74 Å². The van der Waals surface area contributed by atoms with Gasteiger partial charge in [-0.3, -0.25) is 0 Å². The SMILES string of the molecule is CC1=C(c2ccccc2)Oc2ccccc2/C1=C/C(=[NH+]Cc1ccccc1)c1ccccc1. The molecule has 4 aromatic rings. The molecule has 0 aromatic heterocycles. The van der Waals surface area contributed by atoms with Crippen molar-refractivity contribution in [2.24, 2.45) is 0 Å². The number of ether oxygens (including phenoxy) is 1. The van der Waals surface area contributed by atoms with Gasteiger partial charge < -0.3 is 4.74 Å². The predicted octanol–water partition coefficient (Wildman–Crippen LogP) is 5.66. The smallest absolute Gasteiger partial charge is 0.206 e. The number of rotatable bonds is 5. The molecule has 0 spiro atoms. The summed E-state index contributed by atoms with van der Waals surface area (Å²) in [5, 5.41) is 0. The summed E-state index contributed by atoms with van der Waals surface area (Å²) in [5.74, 6) is 1.78. The van der Waals surface area contributed by atoms with E-state index >= 15 is 0 Å². The maximum atomic E-state index is 6.39. The van der Waals surface area contributed by atoms with Gasteiger partial charge in [-0.25, -0.2) is 4.99 Å². The molecule has 0 saturated carbocycles. The Hall–Kier alpha value is -4.17. The molecule has 1 N–H and O–H groups in total. The predicted molar refractivity (Wildman–Crippen MR) is 136 cm³/mol. The fourth-order valence-corrected chi connectivity index (χ4v) is 4.13. The van der Waals surface area contributed by atoms with E-state index in [-0.39, 0.29) is 0 Å². The molecule has 1 heterocycles. The minimum absolute atomic E-state index is 0.751. The van der Waals surface area contributed by atoms with Gasteiger partial charge in [-0.2, -0.15) is 0 Å². The van der Waals surface area contributed by atoms with Gasteiger partial charge >= 0.3 is 0 Å². The third kappa shape index (κ3) is 4.56. The minimum Gasteiger partial charge on any atom is -0.456 e. The average molecular weight is 429 g/mol. The molecular formula is C31H26NO+. The fraction of sp³-hybridized carbons (Fsp3) is 0.0645.